The molecule has 2 aromatic rings. The van der Waals surface area contributed by atoms with E-state index in [1.807, 2.05) is 32.2 Å². The minimum absolute atomic E-state index is 0.309. The van der Waals surface area contributed by atoms with Crippen LogP contribution in [0.4, 0.5) is 8.78 Å². The smallest absolute Gasteiger partial charge is 0.166 e. The molecule has 0 bridgehead atoms. The van der Waals surface area contributed by atoms with Gasteiger partial charge in [0.1, 0.15) is 0 Å². The lowest BCUT2D eigenvalue weighted by molar-refractivity contribution is 0.511. The van der Waals surface area contributed by atoms with Gasteiger partial charge < -0.3 is 5.32 Å². The molecule has 0 atom stereocenters. The molecule has 3 heteroatoms. The van der Waals surface area contributed by atoms with Crippen LogP contribution in [0.2, 0.25) is 0 Å². The van der Waals surface area contributed by atoms with E-state index in [1.165, 1.54) is 6.07 Å². The summed E-state index contributed by atoms with van der Waals surface area (Å²) in [7, 11) is 1.82. The molecule has 0 amide bonds. The SMILES string of the molecule is CNCc1ccc(C)cc1-c1cccc(F)c1F. The third-order valence-electron chi connectivity index (χ3n) is 2.87. The first-order chi connectivity index (χ1) is 8.63. The van der Waals surface area contributed by atoms with Crippen molar-refractivity contribution < 1.29 is 8.78 Å². The van der Waals surface area contributed by atoms with Crippen LogP contribution in [0, 0.1) is 18.6 Å². The minimum Gasteiger partial charge on any atom is -0.316 e. The Morgan fingerprint density at radius 3 is 2.56 bits per heavy atom. The van der Waals surface area contributed by atoms with Crippen molar-refractivity contribution in [1.29, 1.82) is 0 Å². The van der Waals surface area contributed by atoms with Crippen LogP contribution in [0.5, 0.6) is 0 Å². The maximum Gasteiger partial charge on any atom is 0.166 e. The largest absolute Gasteiger partial charge is 0.316 e. The van der Waals surface area contributed by atoms with Crippen molar-refractivity contribution in [3.8, 4) is 11.1 Å². The summed E-state index contributed by atoms with van der Waals surface area (Å²) in [5, 5.41) is 3.03. The van der Waals surface area contributed by atoms with Gasteiger partial charge in [-0.1, -0.05) is 35.9 Å². The summed E-state index contributed by atoms with van der Waals surface area (Å²) in [4.78, 5) is 0. The molecule has 2 aromatic carbocycles. The molecule has 0 radical (unpaired) electrons. The molecule has 0 unspecified atom stereocenters. The quantitative estimate of drug-likeness (QED) is 0.872. The number of aryl methyl sites for hydroxylation is 1. The Labute approximate surface area is 105 Å². The summed E-state index contributed by atoms with van der Waals surface area (Å²) in [6.07, 6.45) is 0. The van der Waals surface area contributed by atoms with Crippen molar-refractivity contribution in [1.82, 2.24) is 5.32 Å². The fourth-order valence-electron chi connectivity index (χ4n) is 2.00. The Morgan fingerprint density at radius 1 is 1.06 bits per heavy atom. The molecule has 94 valence electrons. The van der Waals surface area contributed by atoms with Gasteiger partial charge in [-0.05, 0) is 31.2 Å². The average Bonchev–Trinajstić information content (AvgIpc) is 2.35. The molecule has 0 aliphatic rings. The second kappa shape index (κ2) is 5.27. The lowest BCUT2D eigenvalue weighted by Gasteiger charge is -2.11. The summed E-state index contributed by atoms with van der Waals surface area (Å²) in [6.45, 7) is 2.55. The van der Waals surface area contributed by atoms with Crippen LogP contribution in [0.3, 0.4) is 0 Å². The van der Waals surface area contributed by atoms with Gasteiger partial charge in [-0.2, -0.15) is 0 Å². The molecule has 1 N–H and O–H groups in total. The third kappa shape index (κ3) is 2.41. The molecule has 0 spiro atoms. The zero-order chi connectivity index (χ0) is 13.1. The molecule has 1 nitrogen and oxygen atoms in total. The van der Waals surface area contributed by atoms with E-state index in [-0.39, 0.29) is 0 Å². The highest BCUT2D eigenvalue weighted by atomic mass is 19.2. The van der Waals surface area contributed by atoms with Crippen molar-refractivity contribution >= 4 is 0 Å². The Kier molecular flexibility index (Phi) is 3.72. The van der Waals surface area contributed by atoms with Gasteiger partial charge in [0, 0.05) is 12.1 Å². The van der Waals surface area contributed by atoms with Gasteiger partial charge >= 0.3 is 0 Å². The second-order valence-corrected chi connectivity index (χ2v) is 4.29. The van der Waals surface area contributed by atoms with Crippen molar-refractivity contribution in [2.75, 3.05) is 7.05 Å². The minimum atomic E-state index is -0.815. The number of benzene rings is 2. The van der Waals surface area contributed by atoms with Crippen LogP contribution in [0.25, 0.3) is 11.1 Å². The summed E-state index contributed by atoms with van der Waals surface area (Å²) < 4.78 is 27.1. The molecule has 0 saturated carbocycles. The van der Waals surface area contributed by atoms with Crippen LogP contribution in [-0.4, -0.2) is 7.05 Å². The standard InChI is InChI=1S/C15H15F2N/c1-10-6-7-11(9-18-2)13(8-10)12-4-3-5-14(16)15(12)17/h3-8,18H,9H2,1-2H3. The molecule has 2 rings (SSSR count). The van der Waals surface area contributed by atoms with Crippen LogP contribution >= 0.6 is 0 Å². The Morgan fingerprint density at radius 2 is 1.83 bits per heavy atom. The lowest BCUT2D eigenvalue weighted by atomic mass is 9.97. The normalized spacial score (nSPS) is 10.7. The van der Waals surface area contributed by atoms with Crippen LogP contribution in [0.1, 0.15) is 11.1 Å². The first kappa shape index (κ1) is 12.7. The summed E-state index contributed by atoms with van der Waals surface area (Å²) in [5.41, 5.74) is 3.02. The zero-order valence-corrected chi connectivity index (χ0v) is 10.4. The number of hydrogen-bond acceptors (Lipinski definition) is 1. The van der Waals surface area contributed by atoms with E-state index in [0.717, 1.165) is 22.8 Å². The zero-order valence-electron chi connectivity index (χ0n) is 10.4. The first-order valence-corrected chi connectivity index (χ1v) is 5.82. The fraction of sp³-hybridized carbons (Fsp3) is 0.200. The molecular weight excluding hydrogens is 232 g/mol. The van der Waals surface area contributed by atoms with Crippen LogP contribution < -0.4 is 5.32 Å². The summed E-state index contributed by atoms with van der Waals surface area (Å²) in [6, 6.07) is 10.0. The molecular formula is C15H15F2N. The Hall–Kier alpha value is -1.74. The van der Waals surface area contributed by atoms with Crippen LogP contribution in [0.15, 0.2) is 36.4 Å². The van der Waals surface area contributed by atoms with Crippen molar-refractivity contribution in [2.45, 2.75) is 13.5 Å². The topological polar surface area (TPSA) is 12.0 Å². The Balaban J connectivity index is 2.61. The van der Waals surface area contributed by atoms with Crippen LogP contribution in [-0.2, 0) is 6.54 Å². The molecule has 0 fully saturated rings. The highest BCUT2D eigenvalue weighted by Gasteiger charge is 2.12. The van der Waals surface area contributed by atoms with Gasteiger partial charge in [0.2, 0.25) is 0 Å². The summed E-state index contributed by atoms with van der Waals surface area (Å²) >= 11 is 0. The third-order valence-corrected chi connectivity index (χ3v) is 2.87. The maximum atomic E-state index is 13.8. The fourth-order valence-corrected chi connectivity index (χ4v) is 2.00. The maximum absolute atomic E-state index is 13.8. The van der Waals surface area contributed by atoms with E-state index in [1.54, 1.807) is 6.07 Å². The first-order valence-electron chi connectivity index (χ1n) is 5.82. The van der Waals surface area contributed by atoms with Gasteiger partial charge in [0.25, 0.3) is 0 Å². The summed E-state index contributed by atoms with van der Waals surface area (Å²) in [5.74, 6) is -1.61. The van der Waals surface area contributed by atoms with E-state index >= 15 is 0 Å². The number of nitrogens with one attached hydrogen (secondary N) is 1. The van der Waals surface area contributed by atoms with E-state index in [4.69, 9.17) is 0 Å². The highest BCUT2D eigenvalue weighted by Crippen LogP contribution is 2.28. The predicted molar refractivity (Wildman–Crippen MR) is 69.3 cm³/mol. The molecule has 0 heterocycles. The Bertz CT molecular complexity index is 564. The molecule has 0 aliphatic carbocycles. The van der Waals surface area contributed by atoms with Crippen molar-refractivity contribution in [3.05, 3.63) is 59.2 Å². The second-order valence-electron chi connectivity index (χ2n) is 4.29. The van der Waals surface area contributed by atoms with Gasteiger partial charge in [0.15, 0.2) is 11.6 Å². The number of halogens is 2. The van der Waals surface area contributed by atoms with E-state index in [9.17, 15) is 8.78 Å². The molecule has 0 saturated heterocycles. The van der Waals surface area contributed by atoms with Gasteiger partial charge in [0.05, 0.1) is 0 Å². The number of hydrogen-bond donors (Lipinski definition) is 1. The predicted octanol–water partition coefficient (Wildman–Crippen LogP) is 3.66. The van der Waals surface area contributed by atoms with E-state index in [2.05, 4.69) is 5.32 Å². The van der Waals surface area contributed by atoms with Crippen molar-refractivity contribution in [2.24, 2.45) is 0 Å². The molecule has 0 aliphatic heterocycles. The van der Waals surface area contributed by atoms with E-state index < -0.39 is 11.6 Å². The lowest BCUT2D eigenvalue weighted by Crippen LogP contribution is -2.07. The number of rotatable bonds is 3. The van der Waals surface area contributed by atoms with Gasteiger partial charge in [-0.3, -0.25) is 0 Å². The highest BCUT2D eigenvalue weighted by molar-refractivity contribution is 5.68. The van der Waals surface area contributed by atoms with E-state index in [0.29, 0.717) is 12.1 Å². The molecule has 0 aromatic heterocycles. The average molecular weight is 247 g/mol. The monoisotopic (exact) mass is 247 g/mol. The van der Waals surface area contributed by atoms with Crippen molar-refractivity contribution in [3.63, 3.8) is 0 Å². The van der Waals surface area contributed by atoms with Gasteiger partial charge in [-0.15, -0.1) is 0 Å². The van der Waals surface area contributed by atoms with Gasteiger partial charge in [-0.25, -0.2) is 8.78 Å². The molecule has 18 heavy (non-hydrogen) atoms.